The molecule has 0 radical (unpaired) electrons. The second-order valence-electron chi connectivity index (χ2n) is 7.55. The van der Waals surface area contributed by atoms with E-state index >= 15 is 0 Å². The molecule has 0 aliphatic carbocycles. The van der Waals surface area contributed by atoms with Crippen molar-refractivity contribution in [3.63, 3.8) is 0 Å². The molecule has 0 aliphatic rings. The maximum absolute atomic E-state index is 12.3. The number of allylic oxidation sites excluding steroid dienone is 8. The molecule has 188 valence electrons. The highest BCUT2D eigenvalue weighted by Crippen LogP contribution is 2.32. The lowest BCUT2D eigenvalue weighted by Gasteiger charge is -2.16. The van der Waals surface area contributed by atoms with E-state index in [1.807, 2.05) is 67.6 Å². The van der Waals surface area contributed by atoms with Gasteiger partial charge in [-0.25, -0.2) is 9.59 Å². The Morgan fingerprint density at radius 2 is 1.49 bits per heavy atom. The van der Waals surface area contributed by atoms with Gasteiger partial charge in [0.25, 0.3) is 0 Å². The van der Waals surface area contributed by atoms with E-state index in [4.69, 9.17) is 5.26 Å². The summed E-state index contributed by atoms with van der Waals surface area (Å²) >= 11 is 0. The van der Waals surface area contributed by atoms with Crippen LogP contribution in [0.3, 0.4) is 0 Å². The van der Waals surface area contributed by atoms with Crippen LogP contribution in [-0.4, -0.2) is 22.2 Å². The predicted molar refractivity (Wildman–Crippen MR) is 150 cm³/mol. The number of nitriles is 1. The molecule has 2 N–H and O–H groups in total. The maximum atomic E-state index is 12.3. The molecule has 5 heteroatoms. The third-order valence-corrected chi connectivity index (χ3v) is 5.04. The Morgan fingerprint density at radius 3 is 1.95 bits per heavy atom. The van der Waals surface area contributed by atoms with Crippen LogP contribution < -0.4 is 0 Å². The molecule has 2 rings (SSSR count). The van der Waals surface area contributed by atoms with E-state index in [1.54, 1.807) is 42.5 Å². The van der Waals surface area contributed by atoms with Crippen LogP contribution in [0.5, 0.6) is 0 Å². The van der Waals surface area contributed by atoms with Crippen molar-refractivity contribution >= 4 is 23.6 Å². The van der Waals surface area contributed by atoms with E-state index in [0.29, 0.717) is 23.1 Å². The number of carboxylic acid groups (broad SMARTS) is 2. The van der Waals surface area contributed by atoms with Crippen LogP contribution in [0, 0.1) is 11.3 Å². The van der Waals surface area contributed by atoms with Crippen molar-refractivity contribution in [3.8, 4) is 6.07 Å². The third-order valence-electron chi connectivity index (χ3n) is 5.04. The van der Waals surface area contributed by atoms with Gasteiger partial charge in [0.2, 0.25) is 0 Å². The Balaban J connectivity index is 0.00000159. The molecule has 0 heterocycles. The van der Waals surface area contributed by atoms with Crippen molar-refractivity contribution in [2.24, 2.45) is 0 Å². The van der Waals surface area contributed by atoms with Crippen LogP contribution in [0.15, 0.2) is 133 Å². The van der Waals surface area contributed by atoms with Gasteiger partial charge in [0, 0.05) is 11.6 Å². The molecular formula is C32H31NO4. The highest BCUT2D eigenvalue weighted by atomic mass is 16.4. The second kappa shape index (κ2) is 16.6. The predicted octanol–water partition coefficient (Wildman–Crippen LogP) is 7.41. The maximum Gasteiger partial charge on any atom is 0.335 e. The average molecular weight is 494 g/mol. The van der Waals surface area contributed by atoms with Crippen molar-refractivity contribution < 1.29 is 19.8 Å². The normalized spacial score (nSPS) is 12.5. The molecule has 0 unspecified atom stereocenters. The molecule has 37 heavy (non-hydrogen) atoms. The molecule has 0 saturated carbocycles. The lowest BCUT2D eigenvalue weighted by atomic mass is 9.88. The zero-order chi connectivity index (χ0) is 27.6. The first-order valence-electron chi connectivity index (χ1n) is 11.5. The lowest BCUT2D eigenvalue weighted by Crippen LogP contribution is -2.06. The summed E-state index contributed by atoms with van der Waals surface area (Å²) in [5.41, 5.74) is 3.77. The molecule has 2 aromatic rings. The van der Waals surface area contributed by atoms with Crippen LogP contribution in [0.4, 0.5) is 0 Å². The van der Waals surface area contributed by atoms with Gasteiger partial charge in [-0.2, -0.15) is 5.26 Å². The van der Waals surface area contributed by atoms with E-state index in [0.717, 1.165) is 11.1 Å². The number of carboxylic acids is 2. The summed E-state index contributed by atoms with van der Waals surface area (Å²) in [6, 6.07) is 20.5. The fourth-order valence-corrected chi connectivity index (χ4v) is 3.30. The van der Waals surface area contributed by atoms with Gasteiger partial charge in [0.05, 0.1) is 11.6 Å². The number of rotatable bonds is 10. The molecule has 0 fully saturated rings. The summed E-state index contributed by atoms with van der Waals surface area (Å²) < 4.78 is 0. The molecule has 0 bridgehead atoms. The van der Waals surface area contributed by atoms with Gasteiger partial charge < -0.3 is 10.2 Å². The molecule has 0 saturated heterocycles. The second-order valence-corrected chi connectivity index (χ2v) is 7.55. The molecule has 5 nitrogen and oxygen atoms in total. The van der Waals surface area contributed by atoms with E-state index in [2.05, 4.69) is 13.2 Å². The average Bonchev–Trinajstić information content (AvgIpc) is 2.92. The minimum atomic E-state index is -1.06. The summed E-state index contributed by atoms with van der Waals surface area (Å²) in [7, 11) is 0. The largest absolute Gasteiger partial charge is 0.478 e. The molecule has 0 atom stereocenters. The topological polar surface area (TPSA) is 98.4 Å². The summed E-state index contributed by atoms with van der Waals surface area (Å²) in [5.74, 6) is -2.10. The molecule has 0 aliphatic heterocycles. The zero-order valence-electron chi connectivity index (χ0n) is 21.1. The summed E-state index contributed by atoms with van der Waals surface area (Å²) in [6.07, 6.45) is 11.6. The van der Waals surface area contributed by atoms with Gasteiger partial charge in [0.15, 0.2) is 0 Å². The van der Waals surface area contributed by atoms with Gasteiger partial charge in [-0.15, -0.1) is 0 Å². The van der Waals surface area contributed by atoms with E-state index in [-0.39, 0.29) is 11.1 Å². The number of hydrogen-bond donors (Lipinski definition) is 2. The SMILES string of the molecule is C=CC#N.C=CC=CC(C(CC)=C(C=Cc1ccccc1)C(=O)O)=C(C=C(C)C(=O)O)c1ccccc1. The Bertz CT molecular complexity index is 1290. The van der Waals surface area contributed by atoms with Gasteiger partial charge in [-0.05, 0) is 53.3 Å². The molecule has 2 aromatic carbocycles. The first-order valence-corrected chi connectivity index (χ1v) is 11.5. The summed E-state index contributed by atoms with van der Waals surface area (Å²) in [5, 5.41) is 27.1. The highest BCUT2D eigenvalue weighted by molar-refractivity contribution is 5.97. The fourth-order valence-electron chi connectivity index (χ4n) is 3.30. The van der Waals surface area contributed by atoms with Gasteiger partial charge >= 0.3 is 11.9 Å². The molecule has 0 amide bonds. The Morgan fingerprint density at radius 1 is 0.919 bits per heavy atom. The molecule has 0 spiro atoms. The van der Waals surface area contributed by atoms with Crippen LogP contribution in [0.2, 0.25) is 0 Å². The zero-order valence-corrected chi connectivity index (χ0v) is 21.1. The van der Waals surface area contributed by atoms with Crippen LogP contribution in [-0.2, 0) is 9.59 Å². The van der Waals surface area contributed by atoms with Gasteiger partial charge in [-0.1, -0.05) is 105 Å². The quantitative estimate of drug-likeness (QED) is 0.204. The van der Waals surface area contributed by atoms with E-state index < -0.39 is 11.9 Å². The number of carbonyl (C=O) groups is 2. The first kappa shape index (κ1) is 30.1. The fraction of sp³-hybridized carbons (Fsp3) is 0.0938. The van der Waals surface area contributed by atoms with Crippen molar-refractivity contribution in [2.75, 3.05) is 0 Å². The van der Waals surface area contributed by atoms with Gasteiger partial charge in [0.1, 0.15) is 0 Å². The summed E-state index contributed by atoms with van der Waals surface area (Å²) in [6.45, 7) is 10.2. The lowest BCUT2D eigenvalue weighted by molar-refractivity contribution is -0.133. The Hall–Kier alpha value is -4.95. The van der Waals surface area contributed by atoms with Crippen LogP contribution >= 0.6 is 0 Å². The summed E-state index contributed by atoms with van der Waals surface area (Å²) in [4.78, 5) is 23.9. The number of aliphatic carboxylic acids is 2. The Labute approximate surface area is 218 Å². The number of benzene rings is 2. The minimum Gasteiger partial charge on any atom is -0.478 e. The van der Waals surface area contributed by atoms with E-state index in [1.165, 1.54) is 13.0 Å². The third kappa shape index (κ3) is 10.1. The van der Waals surface area contributed by atoms with Crippen molar-refractivity contribution in [1.29, 1.82) is 5.26 Å². The van der Waals surface area contributed by atoms with E-state index in [9.17, 15) is 19.8 Å². The minimum absolute atomic E-state index is 0.139. The Kier molecular flexibility index (Phi) is 13.5. The first-order chi connectivity index (χ1) is 17.8. The van der Waals surface area contributed by atoms with Crippen LogP contribution in [0.25, 0.3) is 11.6 Å². The number of hydrogen-bond acceptors (Lipinski definition) is 3. The van der Waals surface area contributed by atoms with Crippen molar-refractivity contribution in [2.45, 2.75) is 20.3 Å². The monoisotopic (exact) mass is 493 g/mol. The number of nitrogens with zero attached hydrogens (tertiary/aromatic N) is 1. The molecule has 0 aromatic heterocycles. The van der Waals surface area contributed by atoms with Crippen LogP contribution in [0.1, 0.15) is 31.4 Å². The standard InChI is InChI=1S/C29H28O4.C3H3N/c1-4-6-17-25(27(20-21(3)28(30)31)23-15-11-8-12-16-23)24(5-2)26(29(32)33)19-18-22-13-9-7-10-14-22;1-2-3-4/h4,6-20H,1,5H2,2-3H3,(H,30,31)(H,32,33);2H,1H2. The smallest absolute Gasteiger partial charge is 0.335 e. The molecular weight excluding hydrogens is 462 g/mol. The van der Waals surface area contributed by atoms with Crippen molar-refractivity contribution in [3.05, 3.63) is 144 Å². The highest BCUT2D eigenvalue weighted by Gasteiger charge is 2.17. The van der Waals surface area contributed by atoms with Crippen molar-refractivity contribution in [1.82, 2.24) is 0 Å². The van der Waals surface area contributed by atoms with Gasteiger partial charge in [-0.3, -0.25) is 0 Å².